The summed E-state index contributed by atoms with van der Waals surface area (Å²) in [6, 6.07) is 0. The first-order chi connectivity index (χ1) is 3.91. The van der Waals surface area contributed by atoms with E-state index >= 15 is 0 Å². The summed E-state index contributed by atoms with van der Waals surface area (Å²) in [6.07, 6.45) is 6.57. The minimum absolute atomic E-state index is 0.0774. The number of hydrogen-bond acceptors (Lipinski definition) is 2. The maximum absolute atomic E-state index is 8.20. The molecule has 0 amide bonds. The lowest BCUT2D eigenvalue weighted by Gasteiger charge is -1.79. The molecule has 0 aromatic rings. The monoisotopic (exact) mass is 114 g/mol. The number of methoxy groups -OCH3 is 1. The first-order valence-corrected chi connectivity index (χ1v) is 2.37. The molecule has 0 fully saturated rings. The molecule has 1 N–H and O–H groups in total. The van der Waals surface area contributed by atoms with Crippen LogP contribution < -0.4 is 0 Å². The summed E-state index contributed by atoms with van der Waals surface area (Å²) in [4.78, 5) is 0. The van der Waals surface area contributed by atoms with Gasteiger partial charge in [-0.2, -0.15) is 0 Å². The normalized spacial score (nSPS) is 11.2. The second-order valence-corrected chi connectivity index (χ2v) is 1.17. The fourth-order valence-corrected chi connectivity index (χ4v) is 0.263. The van der Waals surface area contributed by atoms with Gasteiger partial charge in [0.25, 0.3) is 0 Å². The lowest BCUT2D eigenvalue weighted by Crippen LogP contribution is -1.68. The average Bonchev–Trinajstić information content (AvgIpc) is 1.81. The van der Waals surface area contributed by atoms with Gasteiger partial charge in [0.2, 0.25) is 0 Å². The minimum Gasteiger partial charge on any atom is -0.504 e. The summed E-state index contributed by atoms with van der Waals surface area (Å²) in [5.74, 6) is 0. The van der Waals surface area contributed by atoms with Crippen molar-refractivity contribution in [1.29, 1.82) is 0 Å². The first kappa shape index (κ1) is 7.24. The second kappa shape index (κ2) is 6.24. The van der Waals surface area contributed by atoms with Gasteiger partial charge in [0, 0.05) is 0 Å². The van der Waals surface area contributed by atoms with Gasteiger partial charge < -0.3 is 9.84 Å². The topological polar surface area (TPSA) is 29.5 Å². The van der Waals surface area contributed by atoms with E-state index in [0.717, 1.165) is 0 Å². The van der Waals surface area contributed by atoms with Crippen LogP contribution in [0.3, 0.4) is 0 Å². The van der Waals surface area contributed by atoms with Crippen LogP contribution in [0.1, 0.15) is 0 Å². The van der Waals surface area contributed by atoms with Crippen molar-refractivity contribution in [3.8, 4) is 0 Å². The molecule has 2 heteroatoms. The highest BCUT2D eigenvalue weighted by Crippen LogP contribution is 1.75. The summed E-state index contributed by atoms with van der Waals surface area (Å²) in [7, 11) is 1.57. The van der Waals surface area contributed by atoms with Crippen molar-refractivity contribution in [1.82, 2.24) is 0 Å². The van der Waals surface area contributed by atoms with Gasteiger partial charge in [-0.15, -0.1) is 0 Å². The van der Waals surface area contributed by atoms with Crippen LogP contribution in [-0.2, 0) is 4.74 Å². The molecule has 2 nitrogen and oxygen atoms in total. The fraction of sp³-hybridized carbons (Fsp3) is 0.333. The van der Waals surface area contributed by atoms with Crippen LogP contribution >= 0.6 is 0 Å². The molecule has 0 rings (SSSR count). The van der Waals surface area contributed by atoms with Crippen molar-refractivity contribution in [2.24, 2.45) is 0 Å². The summed E-state index contributed by atoms with van der Waals surface area (Å²) in [6.45, 7) is 0.0774. The Kier molecular flexibility index (Phi) is 5.65. The summed E-state index contributed by atoms with van der Waals surface area (Å²) in [5.41, 5.74) is 0. The third-order valence-corrected chi connectivity index (χ3v) is 0.567. The summed E-state index contributed by atoms with van der Waals surface area (Å²) >= 11 is 0. The van der Waals surface area contributed by atoms with Crippen molar-refractivity contribution in [2.75, 3.05) is 13.7 Å². The lowest BCUT2D eigenvalue weighted by atomic mass is 10.5. The predicted molar refractivity (Wildman–Crippen MR) is 32.4 cm³/mol. The van der Waals surface area contributed by atoms with Crippen molar-refractivity contribution >= 4 is 0 Å². The van der Waals surface area contributed by atoms with Crippen LogP contribution in [-0.4, -0.2) is 18.8 Å². The highest BCUT2D eigenvalue weighted by Gasteiger charge is 1.61. The number of ether oxygens (including phenoxy) is 1. The maximum Gasteiger partial charge on any atom is 0.0824 e. The van der Waals surface area contributed by atoms with Gasteiger partial charge in [-0.05, 0) is 6.08 Å². The lowest BCUT2D eigenvalue weighted by molar-refractivity contribution is 0.337. The third kappa shape index (κ3) is 5.24. The van der Waals surface area contributed by atoms with Gasteiger partial charge in [0.15, 0.2) is 0 Å². The van der Waals surface area contributed by atoms with Gasteiger partial charge in [0.1, 0.15) is 0 Å². The number of aliphatic hydroxyl groups excluding tert-OH is 1. The third-order valence-electron chi connectivity index (χ3n) is 0.567. The molecule has 0 aromatic heterocycles. The zero-order chi connectivity index (χ0) is 6.24. The Hall–Kier alpha value is -0.760. The van der Waals surface area contributed by atoms with E-state index in [0.29, 0.717) is 0 Å². The van der Waals surface area contributed by atoms with Crippen LogP contribution in [0.5, 0.6) is 0 Å². The SMILES string of the molecule is COC=CC=CCO. The van der Waals surface area contributed by atoms with Crippen molar-refractivity contribution in [2.45, 2.75) is 0 Å². The van der Waals surface area contributed by atoms with Gasteiger partial charge in [0.05, 0.1) is 20.0 Å². The average molecular weight is 114 g/mol. The van der Waals surface area contributed by atoms with Gasteiger partial charge >= 0.3 is 0 Å². The molecule has 8 heavy (non-hydrogen) atoms. The fourth-order valence-electron chi connectivity index (χ4n) is 0.263. The van der Waals surface area contributed by atoms with E-state index in [9.17, 15) is 0 Å². The molecular formula is C6H10O2. The zero-order valence-corrected chi connectivity index (χ0v) is 4.87. The number of rotatable bonds is 3. The second-order valence-electron chi connectivity index (χ2n) is 1.17. The van der Waals surface area contributed by atoms with Crippen LogP contribution in [0.2, 0.25) is 0 Å². The molecule has 0 spiro atoms. The van der Waals surface area contributed by atoms with Crippen LogP contribution in [0.15, 0.2) is 24.5 Å². The smallest absolute Gasteiger partial charge is 0.0824 e. The Labute approximate surface area is 49.1 Å². The molecule has 0 saturated carbocycles. The Morgan fingerprint density at radius 1 is 1.50 bits per heavy atom. The molecule has 0 aliphatic rings. The minimum atomic E-state index is 0.0774. The number of allylic oxidation sites excluding steroid dienone is 2. The molecule has 0 heterocycles. The van der Waals surface area contributed by atoms with Crippen molar-refractivity contribution in [3.05, 3.63) is 24.5 Å². The van der Waals surface area contributed by atoms with Crippen molar-refractivity contribution < 1.29 is 9.84 Å². The number of hydrogen-bond donors (Lipinski definition) is 1. The van der Waals surface area contributed by atoms with E-state index in [1.807, 2.05) is 0 Å². The largest absolute Gasteiger partial charge is 0.504 e. The van der Waals surface area contributed by atoms with Gasteiger partial charge in [-0.25, -0.2) is 0 Å². The molecule has 0 aliphatic heterocycles. The molecular weight excluding hydrogens is 104 g/mol. The van der Waals surface area contributed by atoms with Gasteiger partial charge in [-0.3, -0.25) is 0 Å². The molecule has 0 radical (unpaired) electrons. The maximum atomic E-state index is 8.20. The van der Waals surface area contributed by atoms with Crippen LogP contribution in [0, 0.1) is 0 Å². The Bertz CT molecular complexity index is 72.5. The van der Waals surface area contributed by atoms with E-state index in [2.05, 4.69) is 4.74 Å². The predicted octanol–water partition coefficient (Wildman–Crippen LogP) is 0.695. The summed E-state index contributed by atoms with van der Waals surface area (Å²) < 4.78 is 4.57. The number of aliphatic hydroxyl groups is 1. The molecule has 46 valence electrons. The quantitative estimate of drug-likeness (QED) is 0.432. The Morgan fingerprint density at radius 3 is 2.75 bits per heavy atom. The standard InChI is InChI=1S/C6H10O2/c1-8-6-4-2-3-5-7/h2-4,6-7H,5H2,1H3. The van der Waals surface area contributed by atoms with E-state index < -0.39 is 0 Å². The van der Waals surface area contributed by atoms with Crippen LogP contribution in [0.25, 0.3) is 0 Å². The highest BCUT2D eigenvalue weighted by atomic mass is 16.5. The van der Waals surface area contributed by atoms with E-state index in [-0.39, 0.29) is 6.61 Å². The van der Waals surface area contributed by atoms with Gasteiger partial charge in [-0.1, -0.05) is 12.2 Å². The molecule has 0 atom stereocenters. The van der Waals surface area contributed by atoms with Crippen molar-refractivity contribution in [3.63, 3.8) is 0 Å². The zero-order valence-electron chi connectivity index (χ0n) is 4.87. The highest BCUT2D eigenvalue weighted by molar-refractivity contribution is 4.99. The first-order valence-electron chi connectivity index (χ1n) is 2.37. The molecule has 0 unspecified atom stereocenters. The van der Waals surface area contributed by atoms with E-state index in [1.165, 1.54) is 6.26 Å². The molecule has 0 saturated heterocycles. The Balaban J connectivity index is 3.13. The molecule has 0 aliphatic carbocycles. The molecule has 0 bridgehead atoms. The van der Waals surface area contributed by atoms with E-state index in [1.54, 1.807) is 25.3 Å². The Morgan fingerprint density at radius 2 is 2.25 bits per heavy atom. The van der Waals surface area contributed by atoms with Crippen LogP contribution in [0.4, 0.5) is 0 Å². The summed E-state index contributed by atoms with van der Waals surface area (Å²) in [5, 5.41) is 8.20. The van der Waals surface area contributed by atoms with E-state index in [4.69, 9.17) is 5.11 Å². The molecule has 0 aromatic carbocycles.